The van der Waals surface area contributed by atoms with Crippen LogP contribution in [0.1, 0.15) is 16.3 Å². The molecule has 84 valence electrons. The second-order valence-electron chi connectivity index (χ2n) is 3.08. The summed E-state index contributed by atoms with van der Waals surface area (Å²) in [7, 11) is 0. The highest BCUT2D eigenvalue weighted by Crippen LogP contribution is 2.10. The number of carbonyl (C=O) groups excluding carboxylic acids is 1. The molecule has 0 atom stereocenters. The molecule has 0 spiro atoms. The van der Waals surface area contributed by atoms with Gasteiger partial charge in [-0.15, -0.1) is 23.2 Å². The molecule has 1 aromatic heterocycles. The molecule has 15 heavy (non-hydrogen) atoms. The molecule has 0 bridgehead atoms. The van der Waals surface area contributed by atoms with Crippen LogP contribution in [0.15, 0.2) is 16.5 Å². The minimum absolute atomic E-state index is 0.163. The van der Waals surface area contributed by atoms with E-state index in [0.717, 1.165) is 5.76 Å². The molecular formula is C10H13Cl2NO2. The lowest BCUT2D eigenvalue weighted by Gasteiger charge is -2.18. The van der Waals surface area contributed by atoms with Crippen molar-refractivity contribution in [3.05, 3.63) is 23.7 Å². The van der Waals surface area contributed by atoms with Crippen LogP contribution in [0.3, 0.4) is 0 Å². The normalized spacial score (nSPS) is 10.3. The molecule has 0 saturated carbocycles. The van der Waals surface area contributed by atoms with Gasteiger partial charge >= 0.3 is 0 Å². The van der Waals surface area contributed by atoms with Crippen LogP contribution in [-0.4, -0.2) is 35.7 Å². The third kappa shape index (κ3) is 3.43. The summed E-state index contributed by atoms with van der Waals surface area (Å²) in [5.74, 6) is 1.67. The van der Waals surface area contributed by atoms with Gasteiger partial charge in [0.15, 0.2) is 5.76 Å². The standard InChI is InChI=1S/C10H13Cl2NO2/c1-8-2-3-9(15-8)10(14)13(6-4-11)7-5-12/h2-3H,4-7H2,1H3. The Morgan fingerprint density at radius 1 is 1.33 bits per heavy atom. The summed E-state index contributed by atoms with van der Waals surface area (Å²) < 4.78 is 5.24. The molecule has 0 fully saturated rings. The molecule has 3 nitrogen and oxygen atoms in total. The fourth-order valence-electron chi connectivity index (χ4n) is 1.22. The third-order valence-electron chi connectivity index (χ3n) is 1.95. The zero-order valence-corrected chi connectivity index (χ0v) is 10.0. The molecule has 0 unspecified atom stereocenters. The molecule has 0 aromatic carbocycles. The summed E-state index contributed by atoms with van der Waals surface area (Å²) in [5, 5.41) is 0. The molecular weight excluding hydrogens is 237 g/mol. The molecule has 0 N–H and O–H groups in total. The van der Waals surface area contributed by atoms with E-state index < -0.39 is 0 Å². The van der Waals surface area contributed by atoms with Crippen molar-refractivity contribution in [3.8, 4) is 0 Å². The first-order valence-corrected chi connectivity index (χ1v) is 5.73. The van der Waals surface area contributed by atoms with Gasteiger partial charge in [-0.2, -0.15) is 0 Å². The highest BCUT2D eigenvalue weighted by atomic mass is 35.5. The van der Waals surface area contributed by atoms with Crippen molar-refractivity contribution in [2.24, 2.45) is 0 Å². The van der Waals surface area contributed by atoms with Crippen molar-refractivity contribution in [2.75, 3.05) is 24.8 Å². The number of carbonyl (C=O) groups is 1. The van der Waals surface area contributed by atoms with Crippen molar-refractivity contribution in [2.45, 2.75) is 6.92 Å². The quantitative estimate of drug-likeness (QED) is 0.752. The van der Waals surface area contributed by atoms with Crippen molar-refractivity contribution < 1.29 is 9.21 Å². The van der Waals surface area contributed by atoms with E-state index in [-0.39, 0.29) is 5.91 Å². The van der Waals surface area contributed by atoms with Crippen molar-refractivity contribution in [1.82, 2.24) is 4.90 Å². The summed E-state index contributed by atoms with van der Waals surface area (Å²) in [5.41, 5.74) is 0. The molecule has 0 aliphatic rings. The maximum atomic E-state index is 11.9. The average Bonchev–Trinajstić information content (AvgIpc) is 2.63. The Morgan fingerprint density at radius 2 is 1.93 bits per heavy atom. The van der Waals surface area contributed by atoms with E-state index in [2.05, 4.69) is 0 Å². The molecule has 5 heteroatoms. The van der Waals surface area contributed by atoms with Crippen LogP contribution in [-0.2, 0) is 0 Å². The van der Waals surface area contributed by atoms with Crippen LogP contribution < -0.4 is 0 Å². The van der Waals surface area contributed by atoms with Gasteiger partial charge in [-0.3, -0.25) is 4.79 Å². The smallest absolute Gasteiger partial charge is 0.289 e. The number of hydrogen-bond acceptors (Lipinski definition) is 2. The minimum Gasteiger partial charge on any atom is -0.456 e. The zero-order valence-electron chi connectivity index (χ0n) is 8.50. The lowest BCUT2D eigenvalue weighted by molar-refractivity contribution is 0.0742. The van der Waals surface area contributed by atoms with Crippen LogP contribution in [0.4, 0.5) is 0 Å². The molecule has 1 rings (SSSR count). The highest BCUT2D eigenvalue weighted by molar-refractivity contribution is 6.18. The summed E-state index contributed by atoms with van der Waals surface area (Å²) in [6.07, 6.45) is 0. The van der Waals surface area contributed by atoms with E-state index in [4.69, 9.17) is 27.6 Å². The Bertz CT molecular complexity index is 319. The van der Waals surface area contributed by atoms with Gasteiger partial charge < -0.3 is 9.32 Å². The Hall–Kier alpha value is -0.670. The average molecular weight is 250 g/mol. The van der Waals surface area contributed by atoms with E-state index in [1.165, 1.54) is 0 Å². The van der Waals surface area contributed by atoms with E-state index in [1.807, 2.05) is 0 Å². The first kappa shape index (κ1) is 12.4. The number of alkyl halides is 2. The Kier molecular flexibility index (Phi) is 4.99. The van der Waals surface area contributed by atoms with Gasteiger partial charge in [0, 0.05) is 24.8 Å². The predicted octanol–water partition coefficient (Wildman–Crippen LogP) is 2.51. The van der Waals surface area contributed by atoms with Crippen LogP contribution >= 0.6 is 23.2 Å². The van der Waals surface area contributed by atoms with Gasteiger partial charge in [0.05, 0.1) is 0 Å². The number of furan rings is 1. The van der Waals surface area contributed by atoms with E-state index in [9.17, 15) is 4.79 Å². The van der Waals surface area contributed by atoms with Crippen LogP contribution in [0, 0.1) is 6.92 Å². The summed E-state index contributed by atoms with van der Waals surface area (Å²) >= 11 is 11.2. The second kappa shape index (κ2) is 6.03. The Balaban J connectivity index is 2.71. The molecule has 0 aliphatic heterocycles. The third-order valence-corrected chi connectivity index (χ3v) is 2.29. The first-order valence-electron chi connectivity index (χ1n) is 4.66. The molecule has 1 heterocycles. The number of halogens is 2. The molecule has 1 amide bonds. The van der Waals surface area contributed by atoms with Gasteiger partial charge in [-0.25, -0.2) is 0 Å². The van der Waals surface area contributed by atoms with Gasteiger partial charge in [0.25, 0.3) is 5.91 Å². The van der Waals surface area contributed by atoms with E-state index >= 15 is 0 Å². The van der Waals surface area contributed by atoms with Crippen molar-refractivity contribution in [3.63, 3.8) is 0 Å². The minimum atomic E-state index is -0.163. The van der Waals surface area contributed by atoms with Crippen LogP contribution in [0.5, 0.6) is 0 Å². The second-order valence-corrected chi connectivity index (χ2v) is 3.84. The van der Waals surface area contributed by atoms with Gasteiger partial charge in [0.2, 0.25) is 0 Å². The monoisotopic (exact) mass is 249 g/mol. The summed E-state index contributed by atoms with van der Waals surface area (Å²) in [6.45, 7) is 2.75. The molecule has 0 saturated heterocycles. The molecule has 0 aliphatic carbocycles. The topological polar surface area (TPSA) is 33.5 Å². The SMILES string of the molecule is Cc1ccc(C(=O)N(CCCl)CCCl)o1. The van der Waals surface area contributed by atoms with E-state index in [0.29, 0.717) is 30.6 Å². The first-order chi connectivity index (χ1) is 7.19. The molecule has 1 aromatic rings. The Morgan fingerprint density at radius 3 is 2.33 bits per heavy atom. The number of hydrogen-bond donors (Lipinski definition) is 0. The maximum absolute atomic E-state index is 11.9. The largest absolute Gasteiger partial charge is 0.456 e. The van der Waals surface area contributed by atoms with Gasteiger partial charge in [0.1, 0.15) is 5.76 Å². The lowest BCUT2D eigenvalue weighted by Crippen LogP contribution is -2.34. The summed E-state index contributed by atoms with van der Waals surface area (Å²) in [6, 6.07) is 3.42. The van der Waals surface area contributed by atoms with Crippen molar-refractivity contribution in [1.29, 1.82) is 0 Å². The maximum Gasteiger partial charge on any atom is 0.289 e. The van der Waals surface area contributed by atoms with Gasteiger partial charge in [-0.05, 0) is 19.1 Å². The number of amides is 1. The fourth-order valence-corrected chi connectivity index (χ4v) is 1.63. The lowest BCUT2D eigenvalue weighted by atomic mass is 10.3. The summed E-state index contributed by atoms with van der Waals surface area (Å²) in [4.78, 5) is 13.4. The van der Waals surface area contributed by atoms with Crippen LogP contribution in [0.25, 0.3) is 0 Å². The predicted molar refractivity (Wildman–Crippen MR) is 60.8 cm³/mol. The fraction of sp³-hybridized carbons (Fsp3) is 0.500. The number of rotatable bonds is 5. The van der Waals surface area contributed by atoms with Gasteiger partial charge in [-0.1, -0.05) is 0 Å². The zero-order chi connectivity index (χ0) is 11.3. The molecule has 0 radical (unpaired) electrons. The number of aryl methyl sites for hydroxylation is 1. The highest BCUT2D eigenvalue weighted by Gasteiger charge is 2.17. The van der Waals surface area contributed by atoms with Crippen molar-refractivity contribution >= 4 is 29.1 Å². The number of nitrogens with zero attached hydrogens (tertiary/aromatic N) is 1. The van der Waals surface area contributed by atoms with Crippen LogP contribution in [0.2, 0.25) is 0 Å². The Labute approximate surface area is 98.9 Å². The van der Waals surface area contributed by atoms with E-state index in [1.54, 1.807) is 24.0 Å².